The predicted molar refractivity (Wildman–Crippen MR) is 81.2 cm³/mol. The molecular formula is C11H12BrNO3S3. The summed E-state index contributed by atoms with van der Waals surface area (Å²) in [5.74, 6) is 0. The number of nitrogens with one attached hydrogen (secondary N) is 1. The Labute approximate surface area is 128 Å². The highest BCUT2D eigenvalue weighted by Gasteiger charge is 2.20. The second-order valence-corrected chi connectivity index (χ2v) is 9.05. The first-order valence-corrected chi connectivity index (χ1v) is 9.39. The SMILES string of the molecule is Cc1sc(Br)cc1S(=O)(=O)NCC(O)c1ccsc1. The van der Waals surface area contributed by atoms with Gasteiger partial charge in [0.1, 0.15) is 0 Å². The van der Waals surface area contributed by atoms with Crippen LogP contribution in [0.4, 0.5) is 0 Å². The zero-order valence-electron chi connectivity index (χ0n) is 9.96. The van der Waals surface area contributed by atoms with Crippen LogP contribution in [0.1, 0.15) is 16.5 Å². The van der Waals surface area contributed by atoms with Gasteiger partial charge in [0.15, 0.2) is 0 Å². The number of aliphatic hydroxyl groups is 1. The molecule has 1 atom stereocenters. The Morgan fingerprint density at radius 2 is 2.26 bits per heavy atom. The van der Waals surface area contributed by atoms with Gasteiger partial charge in [-0.05, 0) is 51.3 Å². The highest BCUT2D eigenvalue weighted by Crippen LogP contribution is 2.29. The van der Waals surface area contributed by atoms with Crippen molar-refractivity contribution < 1.29 is 13.5 Å². The van der Waals surface area contributed by atoms with Crippen molar-refractivity contribution in [2.45, 2.75) is 17.9 Å². The maximum absolute atomic E-state index is 12.1. The molecule has 0 aromatic carbocycles. The predicted octanol–water partition coefficient (Wildman–Crippen LogP) is 2.89. The first-order valence-electron chi connectivity index (χ1n) is 5.36. The quantitative estimate of drug-likeness (QED) is 0.836. The number of hydrogen-bond acceptors (Lipinski definition) is 5. The van der Waals surface area contributed by atoms with E-state index in [2.05, 4.69) is 20.7 Å². The molecule has 19 heavy (non-hydrogen) atoms. The minimum absolute atomic E-state index is 0.0357. The first-order chi connectivity index (χ1) is 8.90. The van der Waals surface area contributed by atoms with E-state index in [0.717, 1.165) is 9.35 Å². The normalized spacial score (nSPS) is 13.6. The van der Waals surface area contributed by atoms with Gasteiger partial charge in [-0.2, -0.15) is 11.3 Å². The third-order valence-corrected chi connectivity index (χ3v) is 6.46. The molecule has 0 saturated heterocycles. The molecule has 1 unspecified atom stereocenters. The molecule has 104 valence electrons. The number of sulfonamides is 1. The Bertz CT molecular complexity index is 649. The van der Waals surface area contributed by atoms with E-state index in [4.69, 9.17) is 0 Å². The summed E-state index contributed by atoms with van der Waals surface area (Å²) < 4.78 is 27.4. The lowest BCUT2D eigenvalue weighted by Gasteiger charge is -2.10. The standard InChI is InChI=1S/C11H12BrNO3S3/c1-7-10(4-11(12)18-7)19(15,16)13-5-9(14)8-2-3-17-6-8/h2-4,6,9,13-14H,5H2,1H3. The van der Waals surface area contributed by atoms with Crippen molar-refractivity contribution in [3.05, 3.63) is 37.1 Å². The molecule has 2 N–H and O–H groups in total. The molecule has 8 heteroatoms. The van der Waals surface area contributed by atoms with Crippen LogP contribution in [0.5, 0.6) is 0 Å². The van der Waals surface area contributed by atoms with Gasteiger partial charge in [0.05, 0.1) is 14.8 Å². The number of rotatable bonds is 5. The van der Waals surface area contributed by atoms with Gasteiger partial charge in [-0.25, -0.2) is 13.1 Å². The molecule has 0 aliphatic heterocycles. The monoisotopic (exact) mass is 381 g/mol. The Morgan fingerprint density at radius 1 is 1.53 bits per heavy atom. The van der Waals surface area contributed by atoms with Gasteiger partial charge in [-0.3, -0.25) is 0 Å². The first kappa shape index (κ1) is 15.1. The summed E-state index contributed by atoms with van der Waals surface area (Å²) in [5, 5.41) is 13.5. The van der Waals surface area contributed by atoms with Crippen LogP contribution < -0.4 is 4.72 Å². The number of thiophene rings is 2. The topological polar surface area (TPSA) is 66.4 Å². The Morgan fingerprint density at radius 3 is 2.79 bits per heavy atom. The van der Waals surface area contributed by atoms with Gasteiger partial charge >= 0.3 is 0 Å². The summed E-state index contributed by atoms with van der Waals surface area (Å²) in [7, 11) is -3.58. The maximum atomic E-state index is 12.1. The molecule has 0 spiro atoms. The van der Waals surface area contributed by atoms with E-state index in [9.17, 15) is 13.5 Å². The van der Waals surface area contributed by atoms with E-state index in [1.165, 1.54) is 22.7 Å². The minimum atomic E-state index is -3.58. The van der Waals surface area contributed by atoms with Gasteiger partial charge in [-0.15, -0.1) is 11.3 Å². The minimum Gasteiger partial charge on any atom is -0.387 e. The second-order valence-electron chi connectivity index (χ2n) is 3.90. The zero-order valence-corrected chi connectivity index (χ0v) is 14.0. The summed E-state index contributed by atoms with van der Waals surface area (Å²) in [6.45, 7) is 1.71. The van der Waals surface area contributed by atoms with Crippen molar-refractivity contribution in [2.24, 2.45) is 0 Å². The van der Waals surface area contributed by atoms with E-state index in [0.29, 0.717) is 4.88 Å². The van der Waals surface area contributed by atoms with Crippen molar-refractivity contribution in [1.29, 1.82) is 0 Å². The molecule has 0 radical (unpaired) electrons. The van der Waals surface area contributed by atoms with E-state index in [1.54, 1.807) is 24.4 Å². The zero-order chi connectivity index (χ0) is 14.0. The Kier molecular flexibility index (Phi) is 4.80. The highest BCUT2D eigenvalue weighted by molar-refractivity contribution is 9.11. The molecule has 0 amide bonds. The van der Waals surface area contributed by atoms with Gasteiger partial charge in [0.2, 0.25) is 10.0 Å². The van der Waals surface area contributed by atoms with Crippen molar-refractivity contribution in [1.82, 2.24) is 4.72 Å². The van der Waals surface area contributed by atoms with Gasteiger partial charge in [0.25, 0.3) is 0 Å². The van der Waals surface area contributed by atoms with Crippen LogP contribution in [0.2, 0.25) is 0 Å². The molecule has 0 saturated carbocycles. The summed E-state index contributed by atoms with van der Waals surface area (Å²) in [6.07, 6.45) is -0.830. The Hall–Kier alpha value is -0.250. The fourth-order valence-corrected chi connectivity index (χ4v) is 5.70. The molecule has 2 rings (SSSR count). The average molecular weight is 382 g/mol. The Balaban J connectivity index is 2.08. The van der Waals surface area contributed by atoms with Crippen LogP contribution in [-0.2, 0) is 10.0 Å². The number of aryl methyl sites for hydroxylation is 1. The molecule has 0 aliphatic carbocycles. The third kappa shape index (κ3) is 3.65. The molecule has 4 nitrogen and oxygen atoms in total. The molecule has 0 bridgehead atoms. The summed E-state index contributed by atoms with van der Waals surface area (Å²) in [5.41, 5.74) is 0.718. The molecular weight excluding hydrogens is 370 g/mol. The van der Waals surface area contributed by atoms with E-state index < -0.39 is 16.1 Å². The van der Waals surface area contributed by atoms with Gasteiger partial charge in [-0.1, -0.05) is 0 Å². The summed E-state index contributed by atoms with van der Waals surface area (Å²) in [6, 6.07) is 3.34. The average Bonchev–Trinajstić information content (AvgIpc) is 2.96. The molecule has 0 fully saturated rings. The van der Waals surface area contributed by atoms with E-state index >= 15 is 0 Å². The van der Waals surface area contributed by atoms with E-state index in [-0.39, 0.29) is 11.4 Å². The van der Waals surface area contributed by atoms with Gasteiger partial charge < -0.3 is 5.11 Å². The lowest BCUT2D eigenvalue weighted by molar-refractivity contribution is 0.182. The van der Waals surface area contributed by atoms with E-state index in [1.807, 2.05) is 5.38 Å². The summed E-state index contributed by atoms with van der Waals surface area (Å²) in [4.78, 5) is 0.964. The van der Waals surface area contributed by atoms with Crippen LogP contribution in [-0.4, -0.2) is 20.1 Å². The van der Waals surface area contributed by atoms with Crippen molar-refractivity contribution in [3.8, 4) is 0 Å². The fourth-order valence-electron chi connectivity index (χ4n) is 1.55. The van der Waals surface area contributed by atoms with Crippen molar-refractivity contribution in [2.75, 3.05) is 6.54 Å². The highest BCUT2D eigenvalue weighted by atomic mass is 79.9. The van der Waals surface area contributed by atoms with Gasteiger partial charge in [0, 0.05) is 11.4 Å². The largest absolute Gasteiger partial charge is 0.387 e. The third-order valence-electron chi connectivity index (χ3n) is 2.53. The molecule has 2 heterocycles. The lowest BCUT2D eigenvalue weighted by Crippen LogP contribution is -2.28. The molecule has 2 aromatic heterocycles. The van der Waals surface area contributed by atoms with Crippen LogP contribution in [0, 0.1) is 6.92 Å². The van der Waals surface area contributed by atoms with Crippen LogP contribution in [0.15, 0.2) is 31.6 Å². The lowest BCUT2D eigenvalue weighted by atomic mass is 10.2. The fraction of sp³-hybridized carbons (Fsp3) is 0.273. The maximum Gasteiger partial charge on any atom is 0.241 e. The number of halogens is 1. The van der Waals surface area contributed by atoms with Crippen LogP contribution in [0.25, 0.3) is 0 Å². The van der Waals surface area contributed by atoms with Crippen LogP contribution in [0.3, 0.4) is 0 Å². The van der Waals surface area contributed by atoms with Crippen molar-refractivity contribution >= 4 is 48.6 Å². The number of aliphatic hydroxyl groups excluding tert-OH is 1. The number of hydrogen-bond donors (Lipinski definition) is 2. The molecule has 0 aliphatic rings. The molecule has 2 aromatic rings. The smallest absolute Gasteiger partial charge is 0.241 e. The van der Waals surface area contributed by atoms with Crippen molar-refractivity contribution in [3.63, 3.8) is 0 Å². The second kappa shape index (κ2) is 6.02. The van der Waals surface area contributed by atoms with Crippen LogP contribution >= 0.6 is 38.6 Å². The summed E-state index contributed by atoms with van der Waals surface area (Å²) >= 11 is 6.09.